The Morgan fingerprint density at radius 1 is 1.03 bits per heavy atom. The monoisotopic (exact) mass is 432 g/mol. The summed E-state index contributed by atoms with van der Waals surface area (Å²) in [5.74, 6) is 0.854. The fourth-order valence-corrected chi connectivity index (χ4v) is 3.42. The first-order valence-electron chi connectivity index (χ1n) is 9.70. The zero-order valence-corrected chi connectivity index (χ0v) is 18.1. The molecule has 0 fully saturated rings. The minimum atomic E-state index is -0.410. The standard InChI is InChI=1S/C24H21ClN4O2/c1-15-7-12-21(16(2)13-15)29-23(17-8-10-18(25)11-9-17)27-22(28-29)24(30)26-19-5-4-6-20(14-19)31-3/h4-14H,1-3H3,(H,26,30). The Kier molecular flexibility index (Phi) is 5.73. The van der Waals surface area contributed by atoms with Gasteiger partial charge < -0.3 is 10.1 Å². The summed E-state index contributed by atoms with van der Waals surface area (Å²) in [5, 5.41) is 7.99. The molecule has 1 N–H and O–H groups in total. The molecule has 7 heteroatoms. The number of aryl methyl sites for hydroxylation is 2. The molecule has 0 radical (unpaired) electrons. The van der Waals surface area contributed by atoms with Gasteiger partial charge in [0.1, 0.15) is 5.75 Å². The maximum absolute atomic E-state index is 12.9. The molecule has 0 saturated carbocycles. The molecule has 0 atom stereocenters. The molecule has 4 aromatic rings. The number of rotatable bonds is 5. The van der Waals surface area contributed by atoms with E-state index in [0.29, 0.717) is 22.3 Å². The number of hydrogen-bond donors (Lipinski definition) is 1. The summed E-state index contributed by atoms with van der Waals surface area (Å²) < 4.78 is 6.91. The summed E-state index contributed by atoms with van der Waals surface area (Å²) in [6.45, 7) is 4.04. The lowest BCUT2D eigenvalue weighted by Crippen LogP contribution is -2.14. The molecule has 0 aliphatic heterocycles. The molecular weight excluding hydrogens is 412 g/mol. The lowest BCUT2D eigenvalue weighted by atomic mass is 10.1. The first-order chi connectivity index (χ1) is 14.9. The first kappa shape index (κ1) is 20.6. The van der Waals surface area contributed by atoms with E-state index >= 15 is 0 Å². The zero-order valence-electron chi connectivity index (χ0n) is 17.4. The number of ether oxygens (including phenoxy) is 1. The molecule has 0 unspecified atom stereocenters. The minimum absolute atomic E-state index is 0.0627. The number of carbonyl (C=O) groups is 1. The number of benzene rings is 3. The van der Waals surface area contributed by atoms with Crippen molar-refractivity contribution < 1.29 is 9.53 Å². The highest BCUT2D eigenvalue weighted by molar-refractivity contribution is 6.30. The van der Waals surface area contributed by atoms with Crippen molar-refractivity contribution in [2.24, 2.45) is 0 Å². The molecule has 0 aliphatic rings. The number of nitrogens with zero attached hydrogens (tertiary/aromatic N) is 3. The molecule has 0 bridgehead atoms. The topological polar surface area (TPSA) is 69.0 Å². The van der Waals surface area contributed by atoms with E-state index in [4.69, 9.17) is 16.3 Å². The molecule has 6 nitrogen and oxygen atoms in total. The number of anilines is 1. The Balaban J connectivity index is 1.77. The van der Waals surface area contributed by atoms with Crippen molar-refractivity contribution in [3.8, 4) is 22.8 Å². The van der Waals surface area contributed by atoms with Crippen LogP contribution in [-0.4, -0.2) is 27.8 Å². The van der Waals surface area contributed by atoms with Crippen molar-refractivity contribution >= 4 is 23.2 Å². The van der Waals surface area contributed by atoms with Gasteiger partial charge in [-0.1, -0.05) is 35.4 Å². The van der Waals surface area contributed by atoms with E-state index in [0.717, 1.165) is 22.4 Å². The predicted molar refractivity (Wildman–Crippen MR) is 122 cm³/mol. The smallest absolute Gasteiger partial charge is 0.295 e. The summed E-state index contributed by atoms with van der Waals surface area (Å²) in [4.78, 5) is 17.5. The van der Waals surface area contributed by atoms with E-state index in [-0.39, 0.29) is 5.82 Å². The summed E-state index contributed by atoms with van der Waals surface area (Å²) in [6.07, 6.45) is 0. The van der Waals surface area contributed by atoms with Gasteiger partial charge in [0.25, 0.3) is 5.91 Å². The van der Waals surface area contributed by atoms with E-state index in [1.165, 1.54) is 0 Å². The Bertz CT molecular complexity index is 1250. The molecule has 4 rings (SSSR count). The van der Waals surface area contributed by atoms with Gasteiger partial charge in [-0.2, -0.15) is 0 Å². The highest BCUT2D eigenvalue weighted by Gasteiger charge is 2.20. The lowest BCUT2D eigenvalue weighted by molar-refractivity contribution is 0.101. The van der Waals surface area contributed by atoms with E-state index < -0.39 is 5.91 Å². The molecule has 156 valence electrons. The highest BCUT2D eigenvalue weighted by Crippen LogP contribution is 2.25. The summed E-state index contributed by atoms with van der Waals surface area (Å²) in [5.41, 5.74) is 4.42. The average Bonchev–Trinajstić information content (AvgIpc) is 3.19. The Hall–Kier alpha value is -3.64. The normalized spacial score (nSPS) is 10.7. The molecule has 1 amide bonds. The molecule has 0 aliphatic carbocycles. The summed E-state index contributed by atoms with van der Waals surface area (Å²) in [6, 6.07) is 20.5. The predicted octanol–water partition coefficient (Wildman–Crippen LogP) is 5.47. The number of methoxy groups -OCH3 is 1. The van der Waals surface area contributed by atoms with E-state index in [1.807, 2.05) is 38.1 Å². The molecule has 1 heterocycles. The maximum atomic E-state index is 12.9. The van der Waals surface area contributed by atoms with Crippen LogP contribution in [0.15, 0.2) is 66.7 Å². The molecule has 1 aromatic heterocycles. The third-order valence-electron chi connectivity index (χ3n) is 4.82. The molecular formula is C24H21ClN4O2. The van der Waals surface area contributed by atoms with Crippen molar-refractivity contribution in [1.82, 2.24) is 14.8 Å². The number of carbonyl (C=O) groups excluding carboxylic acids is 1. The van der Waals surface area contributed by atoms with Crippen LogP contribution in [0.25, 0.3) is 17.1 Å². The lowest BCUT2D eigenvalue weighted by Gasteiger charge is -2.10. The van der Waals surface area contributed by atoms with E-state index in [1.54, 1.807) is 48.2 Å². The van der Waals surface area contributed by atoms with Crippen molar-refractivity contribution in [2.45, 2.75) is 13.8 Å². The van der Waals surface area contributed by atoms with Gasteiger partial charge in [0.05, 0.1) is 12.8 Å². The van der Waals surface area contributed by atoms with Crippen LogP contribution in [0.3, 0.4) is 0 Å². The van der Waals surface area contributed by atoms with Gasteiger partial charge in [0.15, 0.2) is 5.82 Å². The second kappa shape index (κ2) is 8.62. The van der Waals surface area contributed by atoms with Crippen LogP contribution < -0.4 is 10.1 Å². The number of nitrogens with one attached hydrogen (secondary N) is 1. The fraction of sp³-hybridized carbons (Fsp3) is 0.125. The van der Waals surface area contributed by atoms with Crippen LogP contribution in [0, 0.1) is 13.8 Å². The third kappa shape index (κ3) is 4.44. The average molecular weight is 433 g/mol. The van der Waals surface area contributed by atoms with Crippen LogP contribution in [0.2, 0.25) is 5.02 Å². The number of hydrogen-bond acceptors (Lipinski definition) is 4. The van der Waals surface area contributed by atoms with Crippen LogP contribution in [0.4, 0.5) is 5.69 Å². The van der Waals surface area contributed by atoms with E-state index in [2.05, 4.69) is 21.5 Å². The summed E-state index contributed by atoms with van der Waals surface area (Å²) >= 11 is 6.05. The van der Waals surface area contributed by atoms with Gasteiger partial charge in [0.2, 0.25) is 5.82 Å². The van der Waals surface area contributed by atoms with Crippen molar-refractivity contribution in [3.05, 3.63) is 88.7 Å². The molecule has 31 heavy (non-hydrogen) atoms. The zero-order chi connectivity index (χ0) is 22.0. The minimum Gasteiger partial charge on any atom is -0.497 e. The van der Waals surface area contributed by atoms with E-state index in [9.17, 15) is 4.79 Å². The Labute approximate surface area is 185 Å². The Morgan fingerprint density at radius 3 is 2.52 bits per heavy atom. The second-order valence-electron chi connectivity index (χ2n) is 7.15. The number of halogens is 1. The molecule has 0 spiro atoms. The number of amides is 1. The van der Waals surface area contributed by atoms with Gasteiger partial charge in [-0.15, -0.1) is 5.10 Å². The van der Waals surface area contributed by atoms with Crippen LogP contribution >= 0.6 is 11.6 Å². The maximum Gasteiger partial charge on any atom is 0.295 e. The first-order valence-corrected chi connectivity index (χ1v) is 10.1. The third-order valence-corrected chi connectivity index (χ3v) is 5.07. The highest BCUT2D eigenvalue weighted by atomic mass is 35.5. The van der Waals surface area contributed by atoms with Gasteiger partial charge in [-0.25, -0.2) is 9.67 Å². The van der Waals surface area contributed by atoms with Gasteiger partial charge in [-0.3, -0.25) is 4.79 Å². The SMILES string of the molecule is COc1cccc(NC(=O)c2nc(-c3ccc(Cl)cc3)n(-c3ccc(C)cc3C)n2)c1. The van der Waals surface area contributed by atoms with Gasteiger partial charge in [-0.05, 0) is 61.9 Å². The van der Waals surface area contributed by atoms with Crippen molar-refractivity contribution in [1.29, 1.82) is 0 Å². The van der Waals surface area contributed by atoms with Gasteiger partial charge >= 0.3 is 0 Å². The van der Waals surface area contributed by atoms with Crippen LogP contribution in [-0.2, 0) is 0 Å². The fourth-order valence-electron chi connectivity index (χ4n) is 3.29. The largest absolute Gasteiger partial charge is 0.497 e. The summed E-state index contributed by atoms with van der Waals surface area (Å²) in [7, 11) is 1.58. The molecule has 3 aromatic carbocycles. The van der Waals surface area contributed by atoms with Gasteiger partial charge in [0, 0.05) is 22.3 Å². The molecule has 0 saturated heterocycles. The number of aromatic nitrogens is 3. The van der Waals surface area contributed by atoms with Crippen molar-refractivity contribution in [3.63, 3.8) is 0 Å². The van der Waals surface area contributed by atoms with Crippen LogP contribution in [0.5, 0.6) is 5.75 Å². The quantitative estimate of drug-likeness (QED) is 0.454. The van der Waals surface area contributed by atoms with Crippen LogP contribution in [0.1, 0.15) is 21.7 Å². The Morgan fingerprint density at radius 2 is 1.81 bits per heavy atom. The van der Waals surface area contributed by atoms with Crippen molar-refractivity contribution in [2.75, 3.05) is 12.4 Å². The second-order valence-corrected chi connectivity index (χ2v) is 7.59.